The number of rotatable bonds is 5. The Labute approximate surface area is 148 Å². The largest absolute Gasteiger partial charge is 0.372 e. The first-order chi connectivity index (χ1) is 11.5. The van der Waals surface area contributed by atoms with E-state index in [9.17, 15) is 4.79 Å². The van der Waals surface area contributed by atoms with E-state index >= 15 is 0 Å². The van der Waals surface area contributed by atoms with E-state index in [1.807, 2.05) is 11.3 Å². The summed E-state index contributed by atoms with van der Waals surface area (Å²) in [5.41, 5.74) is -0.0340. The number of nitrogens with zero attached hydrogens (tertiary/aromatic N) is 2. The smallest absolute Gasteiger partial charge is 0.248 e. The fourth-order valence-corrected chi connectivity index (χ4v) is 4.42. The fourth-order valence-electron chi connectivity index (χ4n) is 3.49. The topological polar surface area (TPSA) is 42.0 Å². The van der Waals surface area contributed by atoms with E-state index in [2.05, 4.69) is 24.0 Å². The highest BCUT2D eigenvalue weighted by Crippen LogP contribution is 2.37. The molecule has 3 heterocycles. The average Bonchev–Trinajstić information content (AvgIpc) is 3.14. The molecule has 0 aliphatic carbocycles. The molecule has 1 unspecified atom stereocenters. The van der Waals surface area contributed by atoms with E-state index in [0.29, 0.717) is 6.61 Å². The summed E-state index contributed by atoms with van der Waals surface area (Å²) in [6, 6.07) is 4.44. The predicted octanol–water partition coefficient (Wildman–Crippen LogP) is 2.28. The number of amides is 1. The molecule has 6 heteroatoms. The second-order valence-electron chi connectivity index (χ2n) is 7.21. The van der Waals surface area contributed by atoms with Crippen molar-refractivity contribution in [2.24, 2.45) is 0 Å². The van der Waals surface area contributed by atoms with Gasteiger partial charge in [-0.2, -0.15) is 0 Å². The normalized spacial score (nSPS) is 23.7. The number of carbonyl (C=O) groups is 1. The zero-order chi connectivity index (χ0) is 17.2. The maximum atomic E-state index is 11.6. The molecule has 0 aromatic carbocycles. The molecule has 134 valence electrons. The van der Waals surface area contributed by atoms with Gasteiger partial charge in [0.25, 0.3) is 0 Å². The fraction of sp³-hybridized carbons (Fsp3) is 0.722. The SMILES string of the molecule is Cc1ccc(CN2CCC3(CC2)CC(OCC(=O)N(C)C)CO3)s1. The molecule has 0 N–H and O–H groups in total. The third-order valence-corrected chi connectivity index (χ3v) is 6.04. The molecular weight excluding hydrogens is 324 g/mol. The number of likely N-dealkylation sites (tertiary alicyclic amines) is 1. The van der Waals surface area contributed by atoms with Gasteiger partial charge in [-0.15, -0.1) is 11.3 Å². The molecule has 0 saturated carbocycles. The monoisotopic (exact) mass is 352 g/mol. The van der Waals surface area contributed by atoms with Crippen LogP contribution >= 0.6 is 11.3 Å². The maximum Gasteiger partial charge on any atom is 0.248 e. The van der Waals surface area contributed by atoms with Gasteiger partial charge in [-0.3, -0.25) is 9.69 Å². The van der Waals surface area contributed by atoms with Gasteiger partial charge in [0.1, 0.15) is 6.61 Å². The molecule has 1 amide bonds. The lowest BCUT2D eigenvalue weighted by atomic mass is 9.88. The summed E-state index contributed by atoms with van der Waals surface area (Å²) in [5, 5.41) is 0. The minimum atomic E-state index is -0.0340. The summed E-state index contributed by atoms with van der Waals surface area (Å²) >= 11 is 1.89. The molecule has 1 aromatic heterocycles. The number of aryl methyl sites for hydroxylation is 1. The Morgan fingerprint density at radius 1 is 1.42 bits per heavy atom. The van der Waals surface area contributed by atoms with Gasteiger partial charge in [0.05, 0.1) is 18.3 Å². The summed E-state index contributed by atoms with van der Waals surface area (Å²) in [6.45, 7) is 6.12. The van der Waals surface area contributed by atoms with Gasteiger partial charge in [0.2, 0.25) is 5.91 Å². The standard InChI is InChI=1S/C18H28N2O3S/c1-14-4-5-16(24-14)11-20-8-6-18(7-9-20)10-15(12-23-18)22-13-17(21)19(2)3/h4-5,15H,6-13H2,1-3H3. The van der Waals surface area contributed by atoms with Gasteiger partial charge < -0.3 is 14.4 Å². The molecule has 2 fully saturated rings. The van der Waals surface area contributed by atoms with Crippen LogP contribution in [0.25, 0.3) is 0 Å². The Hall–Kier alpha value is -0.950. The Balaban J connectivity index is 1.43. The van der Waals surface area contributed by atoms with Gasteiger partial charge in [0.15, 0.2) is 0 Å². The van der Waals surface area contributed by atoms with Crippen LogP contribution in [0.15, 0.2) is 12.1 Å². The molecule has 2 saturated heterocycles. The van der Waals surface area contributed by atoms with Crippen LogP contribution in [0.1, 0.15) is 29.0 Å². The van der Waals surface area contributed by atoms with Gasteiger partial charge in [0, 0.05) is 49.9 Å². The Morgan fingerprint density at radius 2 is 2.17 bits per heavy atom. The second-order valence-corrected chi connectivity index (χ2v) is 8.58. The van der Waals surface area contributed by atoms with Crippen molar-refractivity contribution >= 4 is 17.2 Å². The van der Waals surface area contributed by atoms with Gasteiger partial charge in [-0.1, -0.05) is 0 Å². The molecule has 0 bridgehead atoms. The van der Waals surface area contributed by atoms with Crippen LogP contribution in [0.5, 0.6) is 0 Å². The van der Waals surface area contributed by atoms with Crippen molar-refractivity contribution in [1.29, 1.82) is 0 Å². The number of hydrogen-bond acceptors (Lipinski definition) is 5. The number of hydrogen-bond donors (Lipinski definition) is 0. The van der Waals surface area contributed by atoms with Crippen LogP contribution in [0.4, 0.5) is 0 Å². The molecule has 2 aliphatic heterocycles. The maximum absolute atomic E-state index is 11.6. The third kappa shape index (κ3) is 4.36. The average molecular weight is 353 g/mol. The summed E-state index contributed by atoms with van der Waals surface area (Å²) in [6.07, 6.45) is 3.08. The van der Waals surface area contributed by atoms with Crippen molar-refractivity contribution in [3.8, 4) is 0 Å². The molecule has 5 nitrogen and oxygen atoms in total. The Bertz CT molecular complexity index is 564. The quantitative estimate of drug-likeness (QED) is 0.815. The molecule has 1 atom stereocenters. The van der Waals surface area contributed by atoms with Gasteiger partial charge in [-0.05, 0) is 31.9 Å². The first-order valence-electron chi connectivity index (χ1n) is 8.69. The first kappa shape index (κ1) is 17.9. The van der Waals surface area contributed by atoms with Crippen LogP contribution in [-0.2, 0) is 20.8 Å². The van der Waals surface area contributed by atoms with Crippen LogP contribution in [0.3, 0.4) is 0 Å². The molecule has 1 spiro atoms. The molecule has 1 aromatic rings. The zero-order valence-corrected chi connectivity index (χ0v) is 15.7. The highest BCUT2D eigenvalue weighted by Gasteiger charge is 2.43. The highest BCUT2D eigenvalue weighted by atomic mass is 32.1. The number of likely N-dealkylation sites (N-methyl/N-ethyl adjacent to an activating group) is 1. The summed E-state index contributed by atoms with van der Waals surface area (Å²) < 4.78 is 11.9. The Morgan fingerprint density at radius 3 is 2.79 bits per heavy atom. The zero-order valence-electron chi connectivity index (χ0n) is 14.9. The number of thiophene rings is 1. The Kier molecular flexibility index (Phi) is 5.59. The highest BCUT2D eigenvalue weighted by molar-refractivity contribution is 7.11. The van der Waals surface area contributed by atoms with Crippen molar-refractivity contribution < 1.29 is 14.3 Å². The number of ether oxygens (including phenoxy) is 2. The third-order valence-electron chi connectivity index (χ3n) is 5.06. The lowest BCUT2D eigenvalue weighted by molar-refractivity contribution is -0.135. The molecular formula is C18H28N2O3S. The van der Waals surface area contributed by atoms with Crippen molar-refractivity contribution in [2.75, 3.05) is 40.4 Å². The van der Waals surface area contributed by atoms with Crippen LogP contribution in [0.2, 0.25) is 0 Å². The number of carbonyl (C=O) groups excluding carboxylic acids is 1. The van der Waals surface area contributed by atoms with Crippen molar-refractivity contribution in [1.82, 2.24) is 9.80 Å². The molecule has 24 heavy (non-hydrogen) atoms. The minimum absolute atomic E-state index is 0.0111. The summed E-state index contributed by atoms with van der Waals surface area (Å²) in [4.78, 5) is 18.5. The van der Waals surface area contributed by atoms with E-state index in [1.54, 1.807) is 19.0 Å². The lowest BCUT2D eigenvalue weighted by Gasteiger charge is -2.38. The van der Waals surface area contributed by atoms with Crippen molar-refractivity contribution in [3.05, 3.63) is 21.9 Å². The lowest BCUT2D eigenvalue weighted by Crippen LogP contribution is -2.43. The van der Waals surface area contributed by atoms with E-state index in [4.69, 9.17) is 9.47 Å². The second kappa shape index (κ2) is 7.52. The van der Waals surface area contributed by atoms with E-state index in [1.165, 1.54) is 9.75 Å². The molecule has 0 radical (unpaired) electrons. The van der Waals surface area contributed by atoms with E-state index in [0.717, 1.165) is 38.9 Å². The van der Waals surface area contributed by atoms with Crippen molar-refractivity contribution in [3.63, 3.8) is 0 Å². The number of piperidine rings is 1. The van der Waals surface area contributed by atoms with E-state index in [-0.39, 0.29) is 24.2 Å². The first-order valence-corrected chi connectivity index (χ1v) is 9.51. The minimum Gasteiger partial charge on any atom is -0.372 e. The van der Waals surface area contributed by atoms with E-state index < -0.39 is 0 Å². The molecule has 3 rings (SSSR count). The predicted molar refractivity (Wildman–Crippen MR) is 95.3 cm³/mol. The summed E-state index contributed by atoms with van der Waals surface area (Å²) in [7, 11) is 3.51. The molecule has 2 aliphatic rings. The van der Waals surface area contributed by atoms with Gasteiger partial charge >= 0.3 is 0 Å². The van der Waals surface area contributed by atoms with Crippen LogP contribution in [-0.4, -0.2) is 67.8 Å². The summed E-state index contributed by atoms with van der Waals surface area (Å²) in [5.74, 6) is 0.0111. The van der Waals surface area contributed by atoms with Crippen molar-refractivity contribution in [2.45, 2.75) is 44.4 Å². The van der Waals surface area contributed by atoms with Crippen LogP contribution < -0.4 is 0 Å². The van der Waals surface area contributed by atoms with Crippen LogP contribution in [0, 0.1) is 6.92 Å². The van der Waals surface area contributed by atoms with Gasteiger partial charge in [-0.25, -0.2) is 0 Å².